The monoisotopic (exact) mass is 277 g/mol. The first-order valence-electron chi connectivity index (χ1n) is 6.93. The number of carbonyl (C=O) groups is 2. The van der Waals surface area contributed by atoms with Crippen LogP contribution in [0.25, 0.3) is 0 Å². The largest absolute Gasteiger partial charge is 0.353 e. The van der Waals surface area contributed by atoms with Crippen molar-refractivity contribution in [2.75, 3.05) is 32.7 Å². The van der Waals surface area contributed by atoms with Crippen LogP contribution in [0.1, 0.15) is 5.69 Å². The molecule has 0 saturated carbocycles. The van der Waals surface area contributed by atoms with Crippen molar-refractivity contribution < 1.29 is 9.59 Å². The Morgan fingerprint density at radius 2 is 2.30 bits per heavy atom. The van der Waals surface area contributed by atoms with Gasteiger partial charge in [0, 0.05) is 38.9 Å². The van der Waals surface area contributed by atoms with E-state index >= 15 is 0 Å². The maximum absolute atomic E-state index is 12.3. The van der Waals surface area contributed by atoms with E-state index in [1.807, 2.05) is 13.0 Å². The highest BCUT2D eigenvalue weighted by atomic mass is 16.2. The van der Waals surface area contributed by atoms with Gasteiger partial charge in [-0.25, -0.2) is 0 Å². The molecule has 0 radical (unpaired) electrons. The zero-order valence-electron chi connectivity index (χ0n) is 11.6. The highest BCUT2D eigenvalue weighted by Crippen LogP contribution is 2.13. The maximum Gasteiger partial charge on any atom is 0.244 e. The molecule has 20 heavy (non-hydrogen) atoms. The first-order valence-corrected chi connectivity index (χ1v) is 6.93. The molecule has 0 spiro atoms. The van der Waals surface area contributed by atoms with Gasteiger partial charge in [0.05, 0.1) is 5.69 Å². The van der Waals surface area contributed by atoms with Crippen LogP contribution in [-0.4, -0.2) is 70.2 Å². The Labute approximate surface area is 117 Å². The minimum Gasteiger partial charge on any atom is -0.353 e. The molecule has 2 aliphatic rings. The standard InChI is InChI=1S/C13H19N5O2/c1-10-2-4-18(15-10)9-12(19)17-7-6-16-5-3-14-13(20)11(16)8-17/h2,4,11H,3,5-9H2,1H3,(H,14,20)/t11-/m1/s1. The van der Waals surface area contributed by atoms with Crippen molar-refractivity contribution in [1.29, 1.82) is 0 Å². The van der Waals surface area contributed by atoms with E-state index in [9.17, 15) is 9.59 Å². The molecule has 1 atom stereocenters. The molecule has 108 valence electrons. The minimum atomic E-state index is -0.194. The average Bonchev–Trinajstić information content (AvgIpc) is 2.84. The number of nitrogens with one attached hydrogen (secondary N) is 1. The molecule has 1 aromatic rings. The van der Waals surface area contributed by atoms with Crippen LogP contribution in [0.3, 0.4) is 0 Å². The number of aromatic nitrogens is 2. The van der Waals surface area contributed by atoms with Crippen molar-refractivity contribution in [3.63, 3.8) is 0 Å². The fourth-order valence-electron chi connectivity index (χ4n) is 2.79. The Bertz CT molecular complexity index is 527. The van der Waals surface area contributed by atoms with Crippen LogP contribution < -0.4 is 5.32 Å². The summed E-state index contributed by atoms with van der Waals surface area (Å²) in [5.74, 6) is 0.0507. The second kappa shape index (κ2) is 5.24. The van der Waals surface area contributed by atoms with E-state index in [2.05, 4.69) is 15.3 Å². The molecule has 3 rings (SSSR count). The third-order valence-electron chi connectivity index (χ3n) is 3.92. The van der Waals surface area contributed by atoms with Gasteiger partial charge < -0.3 is 10.2 Å². The lowest BCUT2D eigenvalue weighted by Gasteiger charge is -2.43. The molecule has 7 nitrogen and oxygen atoms in total. The van der Waals surface area contributed by atoms with Crippen molar-refractivity contribution in [2.24, 2.45) is 0 Å². The lowest BCUT2D eigenvalue weighted by molar-refractivity contribution is -0.140. The van der Waals surface area contributed by atoms with Gasteiger partial charge in [-0.15, -0.1) is 0 Å². The summed E-state index contributed by atoms with van der Waals surface area (Å²) >= 11 is 0. The van der Waals surface area contributed by atoms with Crippen LogP contribution in [0.5, 0.6) is 0 Å². The van der Waals surface area contributed by atoms with Gasteiger partial charge in [0.15, 0.2) is 0 Å². The smallest absolute Gasteiger partial charge is 0.244 e. The number of amides is 2. The highest BCUT2D eigenvalue weighted by Gasteiger charge is 2.36. The van der Waals surface area contributed by atoms with Gasteiger partial charge in [-0.2, -0.15) is 5.10 Å². The number of carbonyl (C=O) groups excluding carboxylic acids is 2. The SMILES string of the molecule is Cc1ccn(CC(=O)N2CCN3CCNC(=O)[C@H]3C2)n1. The summed E-state index contributed by atoms with van der Waals surface area (Å²) in [6.45, 7) is 5.64. The van der Waals surface area contributed by atoms with E-state index < -0.39 is 0 Å². The molecule has 1 aromatic heterocycles. The number of rotatable bonds is 2. The first-order chi connectivity index (χ1) is 9.63. The van der Waals surface area contributed by atoms with Crippen LogP contribution in [0.15, 0.2) is 12.3 Å². The molecule has 0 aromatic carbocycles. The fourth-order valence-corrected chi connectivity index (χ4v) is 2.79. The van der Waals surface area contributed by atoms with Crippen molar-refractivity contribution >= 4 is 11.8 Å². The summed E-state index contributed by atoms with van der Waals surface area (Å²) in [7, 11) is 0. The highest BCUT2D eigenvalue weighted by molar-refractivity contribution is 5.84. The molecule has 0 unspecified atom stereocenters. The molecular formula is C13H19N5O2. The molecule has 2 saturated heterocycles. The Balaban J connectivity index is 1.63. The molecule has 1 N–H and O–H groups in total. The molecular weight excluding hydrogens is 258 g/mol. The van der Waals surface area contributed by atoms with Crippen molar-refractivity contribution in [3.05, 3.63) is 18.0 Å². The summed E-state index contributed by atoms with van der Waals surface area (Å²) in [6.07, 6.45) is 1.80. The van der Waals surface area contributed by atoms with Crippen LogP contribution in [0.2, 0.25) is 0 Å². The second-order valence-electron chi connectivity index (χ2n) is 5.34. The third kappa shape index (κ3) is 2.53. The number of nitrogens with zero attached hydrogens (tertiary/aromatic N) is 4. The molecule has 3 heterocycles. The zero-order valence-corrected chi connectivity index (χ0v) is 11.6. The Kier molecular flexibility index (Phi) is 3.43. The van der Waals surface area contributed by atoms with Gasteiger partial charge in [0.2, 0.25) is 11.8 Å². The Morgan fingerprint density at radius 1 is 1.45 bits per heavy atom. The molecule has 2 aliphatic heterocycles. The van der Waals surface area contributed by atoms with E-state index in [0.29, 0.717) is 19.6 Å². The zero-order chi connectivity index (χ0) is 14.1. The summed E-state index contributed by atoms with van der Waals surface area (Å²) in [6, 6.07) is 1.68. The van der Waals surface area contributed by atoms with Crippen molar-refractivity contribution in [2.45, 2.75) is 19.5 Å². The summed E-state index contributed by atoms with van der Waals surface area (Å²) in [4.78, 5) is 28.0. The Hall–Kier alpha value is -1.89. The van der Waals surface area contributed by atoms with Crippen LogP contribution >= 0.6 is 0 Å². The van der Waals surface area contributed by atoms with E-state index in [4.69, 9.17) is 0 Å². The van der Waals surface area contributed by atoms with Gasteiger partial charge in [-0.05, 0) is 13.0 Å². The summed E-state index contributed by atoms with van der Waals surface area (Å²) in [5.41, 5.74) is 0.897. The molecule has 0 aliphatic carbocycles. The first kappa shape index (κ1) is 13.1. The van der Waals surface area contributed by atoms with Gasteiger partial charge in [-0.3, -0.25) is 19.2 Å². The predicted molar refractivity (Wildman–Crippen MR) is 71.9 cm³/mol. The van der Waals surface area contributed by atoms with Gasteiger partial charge in [0.25, 0.3) is 0 Å². The van der Waals surface area contributed by atoms with E-state index in [-0.39, 0.29) is 24.4 Å². The number of hydrogen-bond donors (Lipinski definition) is 1. The Morgan fingerprint density at radius 3 is 3.05 bits per heavy atom. The van der Waals surface area contributed by atoms with Gasteiger partial charge >= 0.3 is 0 Å². The number of aryl methyl sites for hydroxylation is 1. The summed E-state index contributed by atoms with van der Waals surface area (Å²) in [5, 5.41) is 7.08. The maximum atomic E-state index is 12.3. The molecule has 2 fully saturated rings. The van der Waals surface area contributed by atoms with Crippen LogP contribution in [-0.2, 0) is 16.1 Å². The van der Waals surface area contributed by atoms with E-state index in [1.54, 1.807) is 15.8 Å². The summed E-state index contributed by atoms with van der Waals surface area (Å²) < 4.78 is 1.64. The van der Waals surface area contributed by atoms with E-state index in [0.717, 1.165) is 18.8 Å². The normalized spacial score (nSPS) is 23.4. The van der Waals surface area contributed by atoms with Crippen LogP contribution in [0, 0.1) is 6.92 Å². The van der Waals surface area contributed by atoms with Gasteiger partial charge in [0.1, 0.15) is 12.6 Å². The topological polar surface area (TPSA) is 70.5 Å². The average molecular weight is 277 g/mol. The van der Waals surface area contributed by atoms with Crippen LogP contribution in [0.4, 0.5) is 0 Å². The van der Waals surface area contributed by atoms with Gasteiger partial charge in [-0.1, -0.05) is 0 Å². The predicted octanol–water partition coefficient (Wildman–Crippen LogP) is -1.17. The molecule has 0 bridgehead atoms. The van der Waals surface area contributed by atoms with E-state index in [1.165, 1.54) is 0 Å². The third-order valence-corrected chi connectivity index (χ3v) is 3.92. The minimum absolute atomic E-state index is 0.0196. The molecule has 2 amide bonds. The fraction of sp³-hybridized carbons (Fsp3) is 0.615. The van der Waals surface area contributed by atoms with Crippen molar-refractivity contribution in [1.82, 2.24) is 24.9 Å². The quantitative estimate of drug-likeness (QED) is 0.740. The van der Waals surface area contributed by atoms with Crippen molar-refractivity contribution in [3.8, 4) is 0 Å². The number of hydrogen-bond acceptors (Lipinski definition) is 4. The molecule has 7 heteroatoms. The number of piperazine rings is 2. The number of fused-ring (bicyclic) bond motifs is 1. The lowest BCUT2D eigenvalue weighted by atomic mass is 10.1. The second-order valence-corrected chi connectivity index (χ2v) is 5.34. The lowest BCUT2D eigenvalue weighted by Crippen LogP contribution is -2.64.